The van der Waals surface area contributed by atoms with Crippen molar-refractivity contribution >= 4 is 110 Å². The molecule has 1 aliphatic heterocycles. The summed E-state index contributed by atoms with van der Waals surface area (Å²) in [7, 11) is -1.71. The van der Waals surface area contributed by atoms with E-state index >= 15 is 0 Å². The second kappa shape index (κ2) is 6.83. The zero-order valence-corrected chi connectivity index (χ0v) is 19.9. The third-order valence-electron chi connectivity index (χ3n) is 1.26. The van der Waals surface area contributed by atoms with Crippen molar-refractivity contribution in [3.63, 3.8) is 0 Å². The van der Waals surface area contributed by atoms with E-state index in [9.17, 15) is 0 Å². The van der Waals surface area contributed by atoms with Crippen LogP contribution in [0.2, 0.25) is 0 Å². The van der Waals surface area contributed by atoms with Crippen LogP contribution in [0.5, 0.6) is 0 Å². The maximum Gasteiger partial charge on any atom is 0.281 e. The molecule has 5 nitrogen and oxygen atoms in total. The van der Waals surface area contributed by atoms with E-state index in [2.05, 4.69) is 22.6 Å². The summed E-state index contributed by atoms with van der Waals surface area (Å²) in [6.07, 6.45) is 0. The third kappa shape index (κ3) is 7.83. The number of hydrogen-bond donors (Lipinski definition) is 0. The molecule has 0 aromatic rings. The molecule has 0 saturated heterocycles. The SMILES string of the molecule is CP(C)(C)=NP1(Cl)=NP(Cl)(Cl)=NP(Cl)(Cl)=NP(Cl)(Cl)=N1. The molecule has 1 heterocycles. The summed E-state index contributed by atoms with van der Waals surface area (Å²) in [6.45, 7) is 2.58. The lowest BCUT2D eigenvalue weighted by molar-refractivity contribution is 1.71. The summed E-state index contributed by atoms with van der Waals surface area (Å²) >= 11 is 42.4. The highest BCUT2D eigenvalue weighted by Crippen LogP contribution is 2.88. The van der Waals surface area contributed by atoms with Crippen LogP contribution in [0.25, 0.3) is 0 Å². The summed E-state index contributed by atoms with van der Waals surface area (Å²) < 4.78 is 20.3. The van der Waals surface area contributed by atoms with Crippen LogP contribution in [0, 0.1) is 0 Å². The van der Waals surface area contributed by atoms with Crippen molar-refractivity contribution in [3.8, 4) is 0 Å². The van der Waals surface area contributed by atoms with Gasteiger partial charge in [0.1, 0.15) is 0 Å². The summed E-state index contributed by atoms with van der Waals surface area (Å²) in [5, 5.41) is 0. The van der Waals surface area contributed by atoms with Gasteiger partial charge in [0.15, 0.2) is 0 Å². The highest BCUT2D eigenvalue weighted by atomic mass is 35.9. The average molecular weight is 518 g/mol. The van der Waals surface area contributed by atoms with E-state index in [1.807, 2.05) is 20.0 Å². The summed E-state index contributed by atoms with van der Waals surface area (Å²) in [6, 6.07) is 0. The first-order valence-electron chi connectivity index (χ1n) is 4.52. The predicted molar refractivity (Wildman–Crippen MR) is 105 cm³/mol. The Labute approximate surface area is 151 Å². The lowest BCUT2D eigenvalue weighted by Crippen LogP contribution is -1.71. The molecule has 0 radical (unpaired) electrons. The molecule has 1 unspecified atom stereocenters. The van der Waals surface area contributed by atoms with Crippen LogP contribution in [-0.2, 0) is 0 Å². The van der Waals surface area contributed by atoms with Gasteiger partial charge in [0.2, 0.25) is 0 Å². The van der Waals surface area contributed by atoms with Crippen LogP contribution >= 0.6 is 110 Å². The molecule has 0 bridgehead atoms. The van der Waals surface area contributed by atoms with Crippen molar-refractivity contribution in [2.75, 3.05) is 20.0 Å². The molecule has 20 heavy (non-hydrogen) atoms. The van der Waals surface area contributed by atoms with Crippen LogP contribution in [0.3, 0.4) is 0 Å². The molecule has 0 fully saturated rings. The molecule has 1 rings (SSSR count). The fourth-order valence-corrected chi connectivity index (χ4v) is 28.5. The normalized spacial score (nSPS) is 31.5. The number of rotatable bonds is 1. The molecular formula is C3H9Cl7N5P5. The molecule has 0 aliphatic carbocycles. The molecule has 0 aromatic carbocycles. The molecule has 0 aromatic heterocycles. The molecule has 0 N–H and O–H groups in total. The predicted octanol–water partition coefficient (Wildman–Crippen LogP) is 10.5. The molecule has 17 heteroatoms. The van der Waals surface area contributed by atoms with E-state index in [1.165, 1.54) is 0 Å². The van der Waals surface area contributed by atoms with Crippen LogP contribution in [0.1, 0.15) is 0 Å². The quantitative estimate of drug-likeness (QED) is 0.310. The first-order chi connectivity index (χ1) is 8.54. The molecule has 1 atom stereocenters. The number of nitrogens with zero attached hydrogens (tertiary/aromatic N) is 5. The maximum absolute atomic E-state index is 6.36. The molecule has 0 spiro atoms. The van der Waals surface area contributed by atoms with Crippen LogP contribution < -0.4 is 0 Å². The summed E-state index contributed by atoms with van der Waals surface area (Å²) in [5.74, 6) is -9.77. The zero-order chi connectivity index (χ0) is 16.0. The van der Waals surface area contributed by atoms with Gasteiger partial charge in [-0.1, -0.05) is 0 Å². The molecule has 120 valence electrons. The minimum Gasteiger partial charge on any atom is -0.231 e. The Kier molecular flexibility index (Phi) is 7.24. The Morgan fingerprint density at radius 2 is 1.00 bits per heavy atom. The van der Waals surface area contributed by atoms with E-state index in [0.717, 1.165) is 0 Å². The number of hydrogen-bond acceptors (Lipinski definition) is 5. The van der Waals surface area contributed by atoms with E-state index in [-0.39, 0.29) is 0 Å². The highest BCUT2D eigenvalue weighted by Gasteiger charge is 2.32. The minimum absolute atomic E-state index is 1.71. The zero-order valence-electron chi connectivity index (χ0n) is 10.1. The summed E-state index contributed by atoms with van der Waals surface area (Å²) in [4.78, 5) is 0. The van der Waals surface area contributed by atoms with Crippen molar-refractivity contribution < 1.29 is 0 Å². The average Bonchev–Trinajstić information content (AvgIpc) is 1.84. The standard InChI is InChI=1S/C3H9Cl7N5P5/c1-16(2,3)11-20(10)14-18(6,7)12-17(4,5)13-19(8,9)15-20/h1-3H3. The van der Waals surface area contributed by atoms with Gasteiger partial charge in [0.05, 0.1) is 0 Å². The fraction of sp³-hybridized carbons (Fsp3) is 1.00. The van der Waals surface area contributed by atoms with Crippen molar-refractivity contribution in [2.24, 2.45) is 22.6 Å². The van der Waals surface area contributed by atoms with E-state index in [0.29, 0.717) is 0 Å². The van der Waals surface area contributed by atoms with Crippen molar-refractivity contribution in [3.05, 3.63) is 0 Å². The van der Waals surface area contributed by atoms with Gasteiger partial charge in [-0.05, 0) is 106 Å². The smallest absolute Gasteiger partial charge is 0.231 e. The van der Waals surface area contributed by atoms with E-state index < -0.39 is 31.5 Å². The molecule has 0 amide bonds. The lowest BCUT2D eigenvalue weighted by Gasteiger charge is -2.19. The Morgan fingerprint density at radius 3 is 1.40 bits per heavy atom. The van der Waals surface area contributed by atoms with Gasteiger partial charge in [-0.3, -0.25) is 0 Å². The minimum atomic E-state index is -3.26. The first-order valence-corrected chi connectivity index (χ1v) is 20.7. The molecular weight excluding hydrogens is 509 g/mol. The third-order valence-corrected chi connectivity index (χ3v) is 20.4. The van der Waals surface area contributed by atoms with Crippen molar-refractivity contribution in [1.82, 2.24) is 0 Å². The number of halogens is 7. The maximum atomic E-state index is 6.36. The van der Waals surface area contributed by atoms with Gasteiger partial charge < -0.3 is 0 Å². The Bertz CT molecular complexity index is 673. The van der Waals surface area contributed by atoms with Gasteiger partial charge in [0, 0.05) is 0 Å². The van der Waals surface area contributed by atoms with Gasteiger partial charge >= 0.3 is 0 Å². The van der Waals surface area contributed by atoms with Gasteiger partial charge in [-0.2, -0.15) is 18.1 Å². The second-order valence-corrected chi connectivity index (χ2v) is 26.8. The summed E-state index contributed by atoms with van der Waals surface area (Å²) in [5.41, 5.74) is 0. The Balaban J connectivity index is 3.83. The van der Waals surface area contributed by atoms with Gasteiger partial charge in [-0.25, -0.2) is 4.52 Å². The Morgan fingerprint density at radius 1 is 0.650 bits per heavy atom. The molecule has 1 aliphatic rings. The van der Waals surface area contributed by atoms with Crippen LogP contribution in [-0.4, -0.2) is 20.0 Å². The monoisotopic (exact) mass is 515 g/mol. The first kappa shape index (κ1) is 21.2. The second-order valence-electron chi connectivity index (χ2n) is 4.25. The lowest BCUT2D eigenvalue weighted by atomic mass is 11.9. The van der Waals surface area contributed by atoms with Crippen molar-refractivity contribution in [2.45, 2.75) is 0 Å². The van der Waals surface area contributed by atoms with Gasteiger partial charge in [-0.15, -0.1) is 0 Å². The van der Waals surface area contributed by atoms with Crippen molar-refractivity contribution in [1.29, 1.82) is 0 Å². The Hall–Kier alpha value is 3.18. The van der Waals surface area contributed by atoms with Crippen LogP contribution in [0.15, 0.2) is 22.6 Å². The highest BCUT2D eigenvalue weighted by molar-refractivity contribution is 8.24. The largest absolute Gasteiger partial charge is 0.281 e. The van der Waals surface area contributed by atoms with E-state index in [4.69, 9.17) is 78.7 Å². The van der Waals surface area contributed by atoms with Gasteiger partial charge in [0.25, 0.3) is 24.4 Å². The topological polar surface area (TPSA) is 61.8 Å². The molecule has 0 saturated carbocycles. The fourth-order valence-electron chi connectivity index (χ4n) is 0.982. The van der Waals surface area contributed by atoms with Crippen LogP contribution in [0.4, 0.5) is 0 Å². The van der Waals surface area contributed by atoms with E-state index in [1.54, 1.807) is 0 Å².